The maximum absolute atomic E-state index is 11.4. The van der Waals surface area contributed by atoms with Gasteiger partial charge in [0.05, 0.1) is 4.92 Å². The van der Waals surface area contributed by atoms with Crippen LogP contribution in [-0.2, 0) is 11.2 Å². The van der Waals surface area contributed by atoms with Gasteiger partial charge in [0.15, 0.2) is 0 Å². The first-order valence-electron chi connectivity index (χ1n) is 6.17. The molecule has 0 bridgehead atoms. The Kier molecular flexibility index (Phi) is 4.55. The third-order valence-corrected chi connectivity index (χ3v) is 3.37. The third-order valence-electron chi connectivity index (χ3n) is 3.13. The number of aliphatic carboxylic acids is 1. The van der Waals surface area contributed by atoms with Crippen LogP contribution >= 0.6 is 11.6 Å². The molecular formula is C15H11ClNO4-. The summed E-state index contributed by atoms with van der Waals surface area (Å²) in [7, 11) is 0. The smallest absolute Gasteiger partial charge is 0.274 e. The number of nitro groups is 1. The highest BCUT2D eigenvalue weighted by Crippen LogP contribution is 2.31. The van der Waals surface area contributed by atoms with Gasteiger partial charge < -0.3 is 9.90 Å². The van der Waals surface area contributed by atoms with Crippen molar-refractivity contribution in [3.63, 3.8) is 0 Å². The number of hydrogen-bond donors (Lipinski definition) is 0. The minimum Gasteiger partial charge on any atom is -0.549 e. The highest BCUT2D eigenvalue weighted by molar-refractivity contribution is 6.30. The number of nitrogens with zero attached hydrogens (tertiary/aromatic N) is 1. The molecule has 6 heteroatoms. The summed E-state index contributed by atoms with van der Waals surface area (Å²) in [5.41, 5.74) is 0.539. The lowest BCUT2D eigenvalue weighted by molar-refractivity contribution is -0.386. The standard InChI is InChI=1S/C15H12ClNO4/c16-11-6-7-12(14(9-11)17(20)21)13(15(18)19)8-10-4-2-1-3-5-10/h1-7,9,13H,8H2,(H,18,19)/p-1. The minimum atomic E-state index is -1.36. The Morgan fingerprint density at radius 1 is 1.19 bits per heavy atom. The molecule has 0 amide bonds. The molecule has 108 valence electrons. The van der Waals surface area contributed by atoms with Crippen LogP contribution in [0.4, 0.5) is 5.69 Å². The molecule has 0 aliphatic rings. The molecule has 2 aromatic rings. The molecule has 5 nitrogen and oxygen atoms in total. The molecule has 0 aliphatic carbocycles. The number of rotatable bonds is 5. The van der Waals surface area contributed by atoms with Crippen molar-refractivity contribution in [2.75, 3.05) is 0 Å². The summed E-state index contributed by atoms with van der Waals surface area (Å²) in [5.74, 6) is -2.46. The second-order valence-electron chi connectivity index (χ2n) is 4.52. The number of carbonyl (C=O) groups excluding carboxylic acids is 1. The predicted octanol–water partition coefficient (Wildman–Crippen LogP) is 2.32. The van der Waals surface area contributed by atoms with Crippen molar-refractivity contribution in [1.29, 1.82) is 0 Å². The summed E-state index contributed by atoms with van der Waals surface area (Å²) in [5, 5.41) is 22.7. The van der Waals surface area contributed by atoms with Gasteiger partial charge in [0, 0.05) is 28.5 Å². The molecule has 0 radical (unpaired) electrons. The summed E-state index contributed by atoms with van der Waals surface area (Å²) in [6.45, 7) is 0. The van der Waals surface area contributed by atoms with Gasteiger partial charge in [0.25, 0.3) is 5.69 Å². The molecule has 21 heavy (non-hydrogen) atoms. The average molecular weight is 305 g/mol. The van der Waals surface area contributed by atoms with Gasteiger partial charge in [0.1, 0.15) is 0 Å². The Balaban J connectivity index is 2.44. The van der Waals surface area contributed by atoms with Crippen molar-refractivity contribution < 1.29 is 14.8 Å². The number of carbonyl (C=O) groups is 1. The number of carboxylic acid groups (broad SMARTS) is 1. The van der Waals surface area contributed by atoms with Crippen LogP contribution in [0, 0.1) is 10.1 Å². The Morgan fingerprint density at radius 2 is 1.86 bits per heavy atom. The molecule has 0 aliphatic heterocycles. The number of halogens is 1. The fourth-order valence-corrected chi connectivity index (χ4v) is 2.31. The van der Waals surface area contributed by atoms with E-state index < -0.39 is 16.8 Å². The van der Waals surface area contributed by atoms with Crippen molar-refractivity contribution in [3.8, 4) is 0 Å². The fourth-order valence-electron chi connectivity index (χ4n) is 2.14. The van der Waals surface area contributed by atoms with E-state index in [0.717, 1.165) is 11.6 Å². The van der Waals surface area contributed by atoms with Crippen LogP contribution in [0.1, 0.15) is 17.0 Å². The van der Waals surface area contributed by atoms with E-state index in [9.17, 15) is 20.0 Å². The largest absolute Gasteiger partial charge is 0.549 e. The molecule has 0 saturated carbocycles. The molecule has 1 atom stereocenters. The van der Waals surface area contributed by atoms with E-state index in [-0.39, 0.29) is 22.7 Å². The SMILES string of the molecule is O=C([O-])C(Cc1ccccc1)c1ccc(Cl)cc1[N+](=O)[O-]. The molecule has 0 N–H and O–H groups in total. The van der Waals surface area contributed by atoms with Gasteiger partial charge in [-0.3, -0.25) is 10.1 Å². The number of hydrogen-bond acceptors (Lipinski definition) is 4. The molecular weight excluding hydrogens is 294 g/mol. The van der Waals surface area contributed by atoms with Crippen LogP contribution in [0.2, 0.25) is 5.02 Å². The van der Waals surface area contributed by atoms with E-state index in [1.165, 1.54) is 12.1 Å². The molecule has 0 fully saturated rings. The zero-order valence-electron chi connectivity index (χ0n) is 10.9. The van der Waals surface area contributed by atoms with Crippen molar-refractivity contribution >= 4 is 23.3 Å². The minimum absolute atomic E-state index is 0.0910. The fraction of sp³-hybridized carbons (Fsp3) is 0.133. The Bertz CT molecular complexity index is 673. The molecule has 0 aromatic heterocycles. The van der Waals surface area contributed by atoms with Crippen LogP contribution in [0.15, 0.2) is 48.5 Å². The van der Waals surface area contributed by atoms with Gasteiger partial charge in [0.2, 0.25) is 0 Å². The lowest BCUT2D eigenvalue weighted by Gasteiger charge is -2.18. The third kappa shape index (κ3) is 3.58. The summed E-state index contributed by atoms with van der Waals surface area (Å²) in [4.78, 5) is 21.8. The Labute approximate surface area is 125 Å². The first-order valence-corrected chi connectivity index (χ1v) is 6.55. The van der Waals surface area contributed by atoms with Crippen LogP contribution < -0.4 is 5.11 Å². The highest BCUT2D eigenvalue weighted by atomic mass is 35.5. The average Bonchev–Trinajstić information content (AvgIpc) is 2.46. The van der Waals surface area contributed by atoms with E-state index in [1.807, 2.05) is 6.07 Å². The zero-order chi connectivity index (χ0) is 15.4. The van der Waals surface area contributed by atoms with Crippen LogP contribution in [-0.4, -0.2) is 10.9 Å². The van der Waals surface area contributed by atoms with Crippen molar-refractivity contribution in [3.05, 3.63) is 74.8 Å². The van der Waals surface area contributed by atoms with Crippen molar-refractivity contribution in [2.45, 2.75) is 12.3 Å². The van der Waals surface area contributed by atoms with Crippen LogP contribution in [0.5, 0.6) is 0 Å². The lowest BCUT2D eigenvalue weighted by atomic mass is 9.91. The second-order valence-corrected chi connectivity index (χ2v) is 4.96. The highest BCUT2D eigenvalue weighted by Gasteiger charge is 2.23. The first kappa shape index (κ1) is 15.0. The summed E-state index contributed by atoms with van der Waals surface area (Å²) < 4.78 is 0. The maximum atomic E-state index is 11.4. The van der Waals surface area contributed by atoms with E-state index >= 15 is 0 Å². The summed E-state index contributed by atoms with van der Waals surface area (Å²) in [6, 6.07) is 12.8. The van der Waals surface area contributed by atoms with Gasteiger partial charge in [-0.05, 0) is 18.1 Å². The molecule has 0 spiro atoms. The van der Waals surface area contributed by atoms with Gasteiger partial charge in [-0.2, -0.15) is 0 Å². The Morgan fingerprint density at radius 3 is 2.43 bits per heavy atom. The topological polar surface area (TPSA) is 83.3 Å². The zero-order valence-corrected chi connectivity index (χ0v) is 11.6. The number of carboxylic acids is 1. The van der Waals surface area contributed by atoms with Gasteiger partial charge >= 0.3 is 0 Å². The molecule has 0 heterocycles. The number of benzene rings is 2. The number of nitro benzene ring substituents is 1. The summed E-state index contributed by atoms with van der Waals surface area (Å²) in [6.07, 6.45) is 0.117. The van der Waals surface area contributed by atoms with E-state index in [0.29, 0.717) is 0 Å². The summed E-state index contributed by atoms with van der Waals surface area (Å²) >= 11 is 5.74. The van der Waals surface area contributed by atoms with E-state index in [4.69, 9.17) is 11.6 Å². The van der Waals surface area contributed by atoms with Crippen molar-refractivity contribution in [2.24, 2.45) is 0 Å². The molecule has 1 unspecified atom stereocenters. The van der Waals surface area contributed by atoms with Gasteiger partial charge in [-0.25, -0.2) is 0 Å². The molecule has 0 saturated heterocycles. The van der Waals surface area contributed by atoms with Gasteiger partial charge in [-0.15, -0.1) is 0 Å². The monoisotopic (exact) mass is 304 g/mol. The van der Waals surface area contributed by atoms with Crippen LogP contribution in [0.3, 0.4) is 0 Å². The first-order chi connectivity index (χ1) is 9.99. The lowest BCUT2D eigenvalue weighted by Crippen LogP contribution is -2.31. The Hall–Kier alpha value is -2.40. The quantitative estimate of drug-likeness (QED) is 0.627. The normalized spacial score (nSPS) is 11.9. The van der Waals surface area contributed by atoms with E-state index in [2.05, 4.69) is 0 Å². The second kappa shape index (κ2) is 6.37. The van der Waals surface area contributed by atoms with E-state index in [1.54, 1.807) is 24.3 Å². The van der Waals surface area contributed by atoms with Crippen LogP contribution in [0.25, 0.3) is 0 Å². The molecule has 2 aromatic carbocycles. The van der Waals surface area contributed by atoms with Crippen molar-refractivity contribution in [1.82, 2.24) is 0 Å². The molecule has 2 rings (SSSR count). The predicted molar refractivity (Wildman–Crippen MR) is 76.0 cm³/mol. The van der Waals surface area contributed by atoms with Gasteiger partial charge in [-0.1, -0.05) is 48.0 Å². The maximum Gasteiger partial charge on any atom is 0.274 e.